The number of pyridine rings is 1. The maximum atomic E-state index is 6.12. The fourth-order valence-corrected chi connectivity index (χ4v) is 2.28. The van der Waals surface area contributed by atoms with E-state index in [0.717, 1.165) is 20.9 Å². The Labute approximate surface area is 100 Å². The molecule has 1 aromatic carbocycles. The summed E-state index contributed by atoms with van der Waals surface area (Å²) in [5.74, 6) is 0. The van der Waals surface area contributed by atoms with Gasteiger partial charge in [-0.25, -0.2) is 4.98 Å². The normalized spacial score (nSPS) is 10.9. The van der Waals surface area contributed by atoms with Crippen LogP contribution in [0.2, 0.25) is 10.2 Å². The van der Waals surface area contributed by atoms with Crippen LogP contribution in [0.25, 0.3) is 10.9 Å². The number of fused-ring (bicyclic) bond motifs is 1. The van der Waals surface area contributed by atoms with Crippen molar-refractivity contribution in [2.75, 3.05) is 0 Å². The van der Waals surface area contributed by atoms with Crippen LogP contribution in [0.15, 0.2) is 22.7 Å². The van der Waals surface area contributed by atoms with E-state index in [-0.39, 0.29) is 0 Å². The Morgan fingerprint density at radius 1 is 1.29 bits per heavy atom. The largest absolute Gasteiger partial charge is 0.236 e. The molecule has 1 aromatic heterocycles. The molecule has 0 spiro atoms. The van der Waals surface area contributed by atoms with Crippen LogP contribution in [-0.4, -0.2) is 4.98 Å². The van der Waals surface area contributed by atoms with Crippen LogP contribution in [-0.2, 0) is 0 Å². The molecular weight excluding hydrogens is 285 g/mol. The molecule has 0 amide bonds. The number of nitrogens with zero attached hydrogens (tertiary/aromatic N) is 1. The molecule has 0 aliphatic carbocycles. The first-order chi connectivity index (χ1) is 6.59. The van der Waals surface area contributed by atoms with E-state index in [4.69, 9.17) is 23.2 Å². The van der Waals surface area contributed by atoms with Gasteiger partial charge in [0.25, 0.3) is 0 Å². The fraction of sp³-hybridized carbons (Fsp3) is 0.100. The lowest BCUT2D eigenvalue weighted by molar-refractivity contribution is 1.36. The third-order valence-electron chi connectivity index (χ3n) is 2.02. The number of hydrogen-bond acceptors (Lipinski definition) is 1. The summed E-state index contributed by atoms with van der Waals surface area (Å²) in [4.78, 5) is 4.24. The van der Waals surface area contributed by atoms with Gasteiger partial charge in [0.2, 0.25) is 0 Å². The van der Waals surface area contributed by atoms with E-state index >= 15 is 0 Å². The first kappa shape index (κ1) is 10.2. The highest BCUT2D eigenvalue weighted by Crippen LogP contribution is 2.33. The smallest absolute Gasteiger partial charge is 0.129 e. The van der Waals surface area contributed by atoms with Crippen molar-refractivity contribution in [3.8, 4) is 0 Å². The minimum Gasteiger partial charge on any atom is -0.236 e. The predicted molar refractivity (Wildman–Crippen MR) is 64.2 cm³/mol. The first-order valence-corrected chi connectivity index (χ1v) is 5.55. The molecular formula is C10H6BrCl2N. The zero-order valence-corrected chi connectivity index (χ0v) is 10.4. The summed E-state index contributed by atoms with van der Waals surface area (Å²) in [5, 5.41) is 2.08. The van der Waals surface area contributed by atoms with E-state index in [0.29, 0.717) is 10.2 Å². The summed E-state index contributed by atoms with van der Waals surface area (Å²) in [7, 11) is 0. The van der Waals surface area contributed by atoms with Crippen molar-refractivity contribution < 1.29 is 0 Å². The van der Waals surface area contributed by atoms with E-state index in [2.05, 4.69) is 20.9 Å². The summed E-state index contributed by atoms with van der Waals surface area (Å²) in [6, 6.07) is 5.56. The van der Waals surface area contributed by atoms with Gasteiger partial charge in [0.05, 0.1) is 10.5 Å². The average molecular weight is 291 g/mol. The van der Waals surface area contributed by atoms with Crippen LogP contribution in [0.4, 0.5) is 0 Å². The molecule has 0 aliphatic rings. The molecule has 0 bridgehead atoms. The van der Waals surface area contributed by atoms with E-state index in [1.54, 1.807) is 6.07 Å². The van der Waals surface area contributed by atoms with Crippen LogP contribution < -0.4 is 0 Å². The molecule has 0 atom stereocenters. The monoisotopic (exact) mass is 289 g/mol. The van der Waals surface area contributed by atoms with E-state index in [1.165, 1.54) is 0 Å². The van der Waals surface area contributed by atoms with Crippen LogP contribution in [0, 0.1) is 6.92 Å². The third-order valence-corrected chi connectivity index (χ3v) is 3.50. The number of aryl methyl sites for hydroxylation is 1. The molecule has 0 radical (unpaired) electrons. The molecule has 4 heteroatoms. The molecule has 0 saturated carbocycles. The predicted octanol–water partition coefficient (Wildman–Crippen LogP) is 4.61. The van der Waals surface area contributed by atoms with Crippen LogP contribution >= 0.6 is 39.1 Å². The van der Waals surface area contributed by atoms with Crippen molar-refractivity contribution in [2.45, 2.75) is 6.92 Å². The average Bonchev–Trinajstić information content (AvgIpc) is 2.14. The quantitative estimate of drug-likeness (QED) is 0.646. The highest BCUT2D eigenvalue weighted by molar-refractivity contribution is 9.10. The number of hydrogen-bond donors (Lipinski definition) is 0. The lowest BCUT2D eigenvalue weighted by Crippen LogP contribution is -1.86. The molecule has 0 N–H and O–H groups in total. The summed E-state index contributed by atoms with van der Waals surface area (Å²) in [5.41, 5.74) is 1.91. The Balaban J connectivity index is 2.94. The molecule has 2 aromatic rings. The maximum absolute atomic E-state index is 6.12. The second-order valence-corrected chi connectivity index (χ2v) is 4.64. The van der Waals surface area contributed by atoms with Crippen molar-refractivity contribution in [3.63, 3.8) is 0 Å². The van der Waals surface area contributed by atoms with Gasteiger partial charge in [-0.2, -0.15) is 0 Å². The Morgan fingerprint density at radius 3 is 2.71 bits per heavy atom. The molecule has 1 heterocycles. The Morgan fingerprint density at radius 2 is 2.00 bits per heavy atom. The Kier molecular flexibility index (Phi) is 2.69. The summed E-state index contributed by atoms with van der Waals surface area (Å²) < 4.78 is 0.883. The number of aromatic nitrogens is 1. The highest BCUT2D eigenvalue weighted by atomic mass is 79.9. The van der Waals surface area contributed by atoms with E-state index < -0.39 is 0 Å². The van der Waals surface area contributed by atoms with Gasteiger partial charge in [-0.05, 0) is 46.6 Å². The molecule has 1 nitrogen and oxygen atoms in total. The summed E-state index contributed by atoms with van der Waals surface area (Å²) in [6.07, 6.45) is 0. The lowest BCUT2D eigenvalue weighted by atomic mass is 10.1. The molecule has 0 saturated heterocycles. The van der Waals surface area contributed by atoms with Gasteiger partial charge in [0.1, 0.15) is 5.15 Å². The van der Waals surface area contributed by atoms with Crippen LogP contribution in [0.1, 0.15) is 5.56 Å². The van der Waals surface area contributed by atoms with Gasteiger partial charge in [-0.15, -0.1) is 0 Å². The van der Waals surface area contributed by atoms with Crippen molar-refractivity contribution in [3.05, 3.63) is 38.4 Å². The van der Waals surface area contributed by atoms with Crippen molar-refractivity contribution in [1.82, 2.24) is 4.98 Å². The van der Waals surface area contributed by atoms with Gasteiger partial charge >= 0.3 is 0 Å². The van der Waals surface area contributed by atoms with Crippen molar-refractivity contribution >= 4 is 50.0 Å². The standard InChI is InChI=1S/C10H6BrCl2N/c1-5-4-7(11)9(13)6-2-3-8(12)14-10(5)6/h2-4H,1H3. The first-order valence-electron chi connectivity index (χ1n) is 4.00. The van der Waals surface area contributed by atoms with Gasteiger partial charge in [0.15, 0.2) is 0 Å². The second kappa shape index (κ2) is 3.69. The SMILES string of the molecule is Cc1cc(Br)c(Cl)c2ccc(Cl)nc12. The van der Waals surface area contributed by atoms with Gasteiger partial charge in [-0.1, -0.05) is 23.2 Å². The van der Waals surface area contributed by atoms with Gasteiger partial charge in [0, 0.05) is 9.86 Å². The second-order valence-electron chi connectivity index (χ2n) is 3.02. The number of rotatable bonds is 0. The van der Waals surface area contributed by atoms with Gasteiger partial charge < -0.3 is 0 Å². The molecule has 2 rings (SSSR count). The van der Waals surface area contributed by atoms with Crippen LogP contribution in [0.3, 0.4) is 0 Å². The highest BCUT2D eigenvalue weighted by Gasteiger charge is 2.07. The topological polar surface area (TPSA) is 12.9 Å². The molecule has 72 valence electrons. The molecule has 0 aliphatic heterocycles. The Hall–Kier alpha value is -0.310. The third kappa shape index (κ3) is 1.62. The summed E-state index contributed by atoms with van der Waals surface area (Å²) >= 11 is 15.3. The molecule has 14 heavy (non-hydrogen) atoms. The lowest BCUT2D eigenvalue weighted by Gasteiger charge is -2.05. The minimum atomic E-state index is 0.485. The molecule has 0 fully saturated rings. The summed E-state index contributed by atoms with van der Waals surface area (Å²) in [6.45, 7) is 1.98. The van der Waals surface area contributed by atoms with E-state index in [9.17, 15) is 0 Å². The fourth-order valence-electron chi connectivity index (χ4n) is 1.36. The number of benzene rings is 1. The Bertz CT molecular complexity index is 511. The van der Waals surface area contributed by atoms with Gasteiger partial charge in [-0.3, -0.25) is 0 Å². The zero-order valence-electron chi connectivity index (χ0n) is 7.31. The van der Waals surface area contributed by atoms with Crippen molar-refractivity contribution in [2.24, 2.45) is 0 Å². The maximum Gasteiger partial charge on any atom is 0.129 e. The van der Waals surface area contributed by atoms with E-state index in [1.807, 2.05) is 19.1 Å². The van der Waals surface area contributed by atoms with Crippen LogP contribution in [0.5, 0.6) is 0 Å². The zero-order chi connectivity index (χ0) is 10.3. The number of halogens is 3. The van der Waals surface area contributed by atoms with Crippen molar-refractivity contribution in [1.29, 1.82) is 0 Å². The minimum absolute atomic E-state index is 0.485. The molecule has 0 unspecified atom stereocenters.